The van der Waals surface area contributed by atoms with E-state index in [1.807, 2.05) is 19.3 Å². The van der Waals surface area contributed by atoms with Gasteiger partial charge in [0.25, 0.3) is 0 Å². The average molecular weight is 417 g/mol. The Hall–Kier alpha value is -4.14. The lowest BCUT2D eigenvalue weighted by molar-refractivity contribution is 0.416. The van der Waals surface area contributed by atoms with E-state index in [1.54, 1.807) is 31.2 Å². The lowest BCUT2D eigenvalue weighted by atomic mass is 10.0. The Labute approximate surface area is 173 Å². The summed E-state index contributed by atoms with van der Waals surface area (Å²) >= 11 is 0. The van der Waals surface area contributed by atoms with Gasteiger partial charge in [-0.05, 0) is 12.1 Å². The first-order valence-corrected chi connectivity index (χ1v) is 9.56. The highest BCUT2D eigenvalue weighted by Gasteiger charge is 2.24. The molecule has 0 aliphatic heterocycles. The van der Waals surface area contributed by atoms with Gasteiger partial charge in [0.05, 0.1) is 52.5 Å². The van der Waals surface area contributed by atoms with Gasteiger partial charge >= 0.3 is 5.69 Å². The molecule has 0 unspecified atom stereocenters. The van der Waals surface area contributed by atoms with Crippen molar-refractivity contribution in [2.24, 2.45) is 14.1 Å². The van der Waals surface area contributed by atoms with Crippen molar-refractivity contribution in [2.45, 2.75) is 0 Å². The number of hydrogen-bond donors (Lipinski definition) is 0. The predicted octanol–water partition coefficient (Wildman–Crippen LogP) is 3.63. The normalized spacial score (nSPS) is 12.0. The van der Waals surface area contributed by atoms with Crippen LogP contribution in [0.15, 0.2) is 52.1 Å². The Balaban J connectivity index is 2.02. The minimum atomic E-state index is -0.465. The molecule has 154 valence electrons. The van der Waals surface area contributed by atoms with E-state index in [9.17, 15) is 9.18 Å². The fourth-order valence-corrected chi connectivity index (χ4v) is 4.26. The van der Waals surface area contributed by atoms with Crippen LogP contribution in [-0.2, 0) is 14.1 Å². The van der Waals surface area contributed by atoms with Gasteiger partial charge in [0, 0.05) is 38.0 Å². The summed E-state index contributed by atoms with van der Waals surface area (Å²) in [5.41, 5.74) is 4.12. The van der Waals surface area contributed by atoms with Crippen molar-refractivity contribution in [3.8, 4) is 16.9 Å². The number of imidazole rings is 1. The number of nitrogens with zero attached hydrogens (tertiary/aromatic N) is 5. The minimum Gasteiger partial charge on any atom is -0.496 e. The Morgan fingerprint density at radius 3 is 2.71 bits per heavy atom. The summed E-state index contributed by atoms with van der Waals surface area (Å²) in [6.45, 7) is 0. The molecule has 0 spiro atoms. The van der Waals surface area contributed by atoms with Crippen molar-refractivity contribution in [1.82, 2.24) is 23.7 Å². The first kappa shape index (κ1) is 17.7. The summed E-state index contributed by atoms with van der Waals surface area (Å²) in [7, 11) is 5.06. The molecule has 0 bridgehead atoms. The molecule has 0 saturated heterocycles. The molecule has 0 amide bonds. The number of aromatic nitrogens is 5. The van der Waals surface area contributed by atoms with Crippen LogP contribution in [0.4, 0.5) is 4.39 Å². The molecule has 0 radical (unpaired) electrons. The molecule has 31 heavy (non-hydrogen) atoms. The van der Waals surface area contributed by atoms with E-state index in [2.05, 4.69) is 10.1 Å². The summed E-state index contributed by atoms with van der Waals surface area (Å²) in [5, 5.41) is 4.93. The molecule has 0 fully saturated rings. The molecule has 6 rings (SSSR count). The van der Waals surface area contributed by atoms with E-state index in [0.717, 1.165) is 5.56 Å². The van der Waals surface area contributed by atoms with Gasteiger partial charge < -0.3 is 9.15 Å². The van der Waals surface area contributed by atoms with Crippen LogP contribution in [0.25, 0.3) is 49.7 Å². The molecule has 0 N–H and O–H groups in total. The third-order valence-electron chi connectivity index (χ3n) is 5.68. The predicted molar refractivity (Wildman–Crippen MR) is 114 cm³/mol. The zero-order chi connectivity index (χ0) is 21.4. The Morgan fingerprint density at radius 1 is 1.13 bits per heavy atom. The minimum absolute atomic E-state index is 0.314. The lowest BCUT2D eigenvalue weighted by Gasteiger charge is -2.11. The van der Waals surface area contributed by atoms with E-state index in [-0.39, 0.29) is 5.69 Å². The van der Waals surface area contributed by atoms with Crippen LogP contribution in [0.5, 0.6) is 5.75 Å². The fraction of sp³-hybridized carbons (Fsp3) is 0.136. The maximum absolute atomic E-state index is 14.2. The largest absolute Gasteiger partial charge is 0.496 e. The standard InChI is InChI=1S/C22H16FN5O3/c1-26-10-11(8-25-26)18-17(30-3)7-13-19-20-15(9-24-13)27(2)22(29)28(20)14-6-12(23)4-5-16(14)31-21(18)19/h4-10H,1-3H3. The number of ether oxygens (including phenoxy) is 1. The van der Waals surface area contributed by atoms with Gasteiger partial charge in [-0.15, -0.1) is 0 Å². The second-order valence-corrected chi connectivity index (χ2v) is 7.46. The molecule has 9 heteroatoms. The molecule has 0 atom stereocenters. The second kappa shape index (κ2) is 5.94. The quantitative estimate of drug-likeness (QED) is 0.430. The highest BCUT2D eigenvalue weighted by atomic mass is 19.1. The monoisotopic (exact) mass is 417 g/mol. The summed E-state index contributed by atoms with van der Waals surface area (Å²) < 4.78 is 30.9. The van der Waals surface area contributed by atoms with E-state index in [4.69, 9.17) is 9.15 Å². The smallest absolute Gasteiger partial charge is 0.333 e. The number of hydrogen-bond acceptors (Lipinski definition) is 5. The SMILES string of the molecule is COc1cc2ncc3c4c2c(oc2ccc(F)cc2n4c(=O)n3C)c1-c1cnn(C)c1. The summed E-state index contributed by atoms with van der Waals surface area (Å²) in [6, 6.07) is 5.94. The molecular formula is C22H16FN5O3. The molecule has 4 heterocycles. The van der Waals surface area contributed by atoms with E-state index >= 15 is 0 Å². The molecule has 2 aromatic carbocycles. The first-order valence-electron chi connectivity index (χ1n) is 9.56. The number of methoxy groups -OCH3 is 1. The maximum atomic E-state index is 14.2. The Bertz CT molecular complexity index is 1740. The molecule has 0 saturated carbocycles. The Morgan fingerprint density at radius 2 is 1.97 bits per heavy atom. The highest BCUT2D eigenvalue weighted by Crippen LogP contribution is 2.42. The van der Waals surface area contributed by atoms with Gasteiger partial charge in [0.2, 0.25) is 0 Å². The zero-order valence-electron chi connectivity index (χ0n) is 16.9. The molecule has 0 aliphatic carbocycles. The molecule has 0 aliphatic rings. The maximum Gasteiger partial charge on any atom is 0.333 e. The average Bonchev–Trinajstić information content (AvgIpc) is 3.24. The fourth-order valence-electron chi connectivity index (χ4n) is 4.26. The van der Waals surface area contributed by atoms with Gasteiger partial charge in [-0.3, -0.25) is 18.6 Å². The second-order valence-electron chi connectivity index (χ2n) is 7.46. The summed E-state index contributed by atoms with van der Waals surface area (Å²) in [5.74, 6) is 0.0883. The zero-order valence-corrected chi connectivity index (χ0v) is 16.9. The summed E-state index contributed by atoms with van der Waals surface area (Å²) in [4.78, 5) is 17.7. The number of fused-ring (bicyclic) bond motifs is 2. The number of pyridine rings is 1. The van der Waals surface area contributed by atoms with Crippen LogP contribution in [-0.4, -0.2) is 30.8 Å². The van der Waals surface area contributed by atoms with Crippen molar-refractivity contribution in [1.29, 1.82) is 0 Å². The van der Waals surface area contributed by atoms with Crippen LogP contribution in [0.3, 0.4) is 0 Å². The van der Waals surface area contributed by atoms with E-state index < -0.39 is 5.82 Å². The van der Waals surface area contributed by atoms with Gasteiger partial charge in [0.15, 0.2) is 11.2 Å². The van der Waals surface area contributed by atoms with Gasteiger partial charge in [-0.25, -0.2) is 9.18 Å². The van der Waals surface area contributed by atoms with Crippen molar-refractivity contribution in [3.63, 3.8) is 0 Å². The topological polar surface area (TPSA) is 79.5 Å². The van der Waals surface area contributed by atoms with Gasteiger partial charge in [-0.2, -0.15) is 5.10 Å². The number of rotatable bonds is 2. The Kier molecular flexibility index (Phi) is 3.39. The molecular weight excluding hydrogens is 401 g/mol. The summed E-state index contributed by atoms with van der Waals surface area (Å²) in [6.07, 6.45) is 5.20. The molecule has 8 nitrogen and oxygen atoms in total. The lowest BCUT2D eigenvalue weighted by Crippen LogP contribution is -2.17. The van der Waals surface area contributed by atoms with Crippen molar-refractivity contribution >= 4 is 38.6 Å². The van der Waals surface area contributed by atoms with Crippen LogP contribution in [0.2, 0.25) is 0 Å². The van der Waals surface area contributed by atoms with Gasteiger partial charge in [-0.1, -0.05) is 0 Å². The van der Waals surface area contributed by atoms with Crippen LogP contribution in [0, 0.1) is 5.82 Å². The first-order chi connectivity index (χ1) is 15.0. The van der Waals surface area contributed by atoms with E-state index in [0.29, 0.717) is 49.9 Å². The van der Waals surface area contributed by atoms with Gasteiger partial charge in [0.1, 0.15) is 11.6 Å². The molecule has 4 aromatic heterocycles. The third kappa shape index (κ3) is 2.25. The van der Waals surface area contributed by atoms with Crippen LogP contribution in [0.1, 0.15) is 0 Å². The van der Waals surface area contributed by atoms with Crippen molar-refractivity contribution < 1.29 is 13.5 Å². The number of halogens is 1. The number of aryl methyl sites for hydroxylation is 2. The number of benzene rings is 2. The van der Waals surface area contributed by atoms with Crippen molar-refractivity contribution in [3.05, 3.63) is 59.2 Å². The highest BCUT2D eigenvalue weighted by molar-refractivity contribution is 6.16. The van der Waals surface area contributed by atoms with Crippen LogP contribution >= 0.6 is 0 Å². The van der Waals surface area contributed by atoms with E-state index in [1.165, 1.54) is 27.2 Å². The van der Waals surface area contributed by atoms with Crippen molar-refractivity contribution in [2.75, 3.05) is 7.11 Å². The van der Waals surface area contributed by atoms with Crippen LogP contribution < -0.4 is 10.4 Å². The third-order valence-corrected chi connectivity index (χ3v) is 5.68. The molecule has 6 aromatic rings.